The van der Waals surface area contributed by atoms with Gasteiger partial charge in [0.05, 0.1) is 6.42 Å². The minimum absolute atomic E-state index is 0.0231. The van der Waals surface area contributed by atoms with Gasteiger partial charge in [-0.05, 0) is 33.6 Å². The number of amides is 5. The average Bonchev–Trinajstić information content (AvgIpc) is 3.32. The maximum atomic E-state index is 14.3. The molecule has 0 radical (unpaired) electrons. The van der Waals surface area contributed by atoms with E-state index in [2.05, 4.69) is 27.8 Å². The number of esters is 1. The van der Waals surface area contributed by atoms with Crippen molar-refractivity contribution in [1.29, 1.82) is 0 Å². The summed E-state index contributed by atoms with van der Waals surface area (Å²) in [4.78, 5) is 81.0. The lowest BCUT2D eigenvalue weighted by Gasteiger charge is -2.38. The Hall–Kier alpha value is -4.43. The van der Waals surface area contributed by atoms with E-state index < -0.39 is 94.4 Å². The molecule has 2 aliphatic rings. The van der Waals surface area contributed by atoms with Crippen molar-refractivity contribution in [2.75, 3.05) is 13.1 Å². The summed E-state index contributed by atoms with van der Waals surface area (Å²) < 4.78 is 46.1. The first-order valence-corrected chi connectivity index (χ1v) is 16.8. The first kappa shape index (κ1) is 41.0. The molecule has 1 aromatic carbocycles. The third-order valence-corrected chi connectivity index (χ3v) is 9.45. The van der Waals surface area contributed by atoms with Gasteiger partial charge in [0.15, 0.2) is 0 Å². The van der Waals surface area contributed by atoms with Crippen LogP contribution in [0.5, 0.6) is 0 Å². The summed E-state index contributed by atoms with van der Waals surface area (Å²) in [5.74, 6) is -5.87. The van der Waals surface area contributed by atoms with Crippen LogP contribution in [-0.2, 0) is 35.3 Å². The van der Waals surface area contributed by atoms with Gasteiger partial charge in [-0.15, -0.1) is 6.58 Å². The quantitative estimate of drug-likeness (QED) is 0.137. The Balaban J connectivity index is 1.83. The van der Waals surface area contributed by atoms with E-state index in [1.165, 1.54) is 11.0 Å². The van der Waals surface area contributed by atoms with Crippen molar-refractivity contribution < 1.29 is 46.7 Å². The lowest BCUT2D eigenvalue weighted by Crippen LogP contribution is -2.63. The average molecular weight is 722 g/mol. The van der Waals surface area contributed by atoms with Crippen LogP contribution in [0.1, 0.15) is 67.4 Å². The predicted octanol–water partition coefficient (Wildman–Crippen LogP) is 3.65. The standard InChI is InChI=1S/C36H50F3N5O7/c1-10-16-40-29(47)25(45)22(17-36(37,38)39)41-28(46)24-23-21(35(23,8)9)18-44(24)30(48)26(33(2,3)4)42-32(50)43-27(34(5,6)7)31(49)51-19-20-14-12-11-13-15-20/h10-15,21-24,26-27H,1,16-19H2,2-9H3,(H,40,47)(H,41,46)(H2,42,43,50)/t21-,22?,23-,24-,26+,27+/m0/s1. The summed E-state index contributed by atoms with van der Waals surface area (Å²) in [6, 6.07) is 2.21. The Labute approximate surface area is 296 Å². The van der Waals surface area contributed by atoms with Gasteiger partial charge >= 0.3 is 18.2 Å². The monoisotopic (exact) mass is 721 g/mol. The summed E-state index contributed by atoms with van der Waals surface area (Å²) in [7, 11) is 0. The van der Waals surface area contributed by atoms with E-state index in [4.69, 9.17) is 4.74 Å². The number of ketones is 1. The van der Waals surface area contributed by atoms with E-state index in [1.807, 2.05) is 19.9 Å². The fourth-order valence-electron chi connectivity index (χ4n) is 6.48. The molecule has 1 aromatic rings. The van der Waals surface area contributed by atoms with E-state index in [-0.39, 0.29) is 25.6 Å². The Morgan fingerprint density at radius 2 is 1.51 bits per heavy atom. The molecular formula is C36H50F3N5O7. The Morgan fingerprint density at radius 1 is 0.941 bits per heavy atom. The van der Waals surface area contributed by atoms with Gasteiger partial charge in [0.2, 0.25) is 17.6 Å². The van der Waals surface area contributed by atoms with Crippen LogP contribution in [0.25, 0.3) is 0 Å². The van der Waals surface area contributed by atoms with Crippen LogP contribution in [0.3, 0.4) is 0 Å². The highest BCUT2D eigenvalue weighted by Crippen LogP contribution is 2.65. The van der Waals surface area contributed by atoms with Gasteiger partial charge in [0, 0.05) is 13.1 Å². The molecule has 15 heteroatoms. The number of carbonyl (C=O) groups excluding carboxylic acids is 6. The third kappa shape index (κ3) is 10.3. The normalized spacial score (nSPS) is 21.2. The number of fused-ring (bicyclic) bond motifs is 1. The SMILES string of the molecule is C=CCNC(=O)C(=O)C(CC(F)(F)F)NC(=O)[C@@H]1[C@@H]2[C@H](CN1C(=O)[C@@H](NC(=O)N[C@H](C(=O)OCc1ccccc1)C(C)(C)C)C(C)(C)C)C2(C)C. The predicted molar refractivity (Wildman–Crippen MR) is 181 cm³/mol. The second-order valence-corrected chi connectivity index (χ2v) is 15.9. The molecule has 6 atom stereocenters. The number of carbonyl (C=O) groups is 6. The van der Waals surface area contributed by atoms with Gasteiger partial charge in [0.1, 0.15) is 30.8 Å². The summed E-state index contributed by atoms with van der Waals surface area (Å²) in [5.41, 5.74) is -1.45. The minimum atomic E-state index is -4.91. The number of nitrogens with one attached hydrogen (secondary N) is 4. The molecule has 4 N–H and O–H groups in total. The molecule has 0 aromatic heterocycles. The van der Waals surface area contributed by atoms with Crippen molar-refractivity contribution in [3.05, 3.63) is 48.6 Å². The Kier molecular flexibility index (Phi) is 12.4. The second kappa shape index (κ2) is 15.4. The number of benzene rings is 1. The van der Waals surface area contributed by atoms with Gasteiger partial charge in [-0.25, -0.2) is 9.59 Å². The topological polar surface area (TPSA) is 163 Å². The number of ether oxygens (including phenoxy) is 1. The molecule has 1 heterocycles. The summed E-state index contributed by atoms with van der Waals surface area (Å²) in [6.45, 7) is 17.2. The smallest absolute Gasteiger partial charge is 0.391 e. The van der Waals surface area contributed by atoms with Crippen LogP contribution in [0.15, 0.2) is 43.0 Å². The van der Waals surface area contributed by atoms with Gasteiger partial charge in [-0.2, -0.15) is 13.2 Å². The van der Waals surface area contributed by atoms with Crippen molar-refractivity contribution in [3.63, 3.8) is 0 Å². The molecule has 51 heavy (non-hydrogen) atoms. The molecule has 1 saturated carbocycles. The number of nitrogens with zero attached hydrogens (tertiary/aromatic N) is 1. The summed E-state index contributed by atoms with van der Waals surface area (Å²) in [5, 5.41) is 9.52. The zero-order valence-corrected chi connectivity index (χ0v) is 30.4. The molecule has 1 unspecified atom stereocenters. The van der Waals surface area contributed by atoms with Crippen LogP contribution < -0.4 is 21.3 Å². The summed E-state index contributed by atoms with van der Waals surface area (Å²) >= 11 is 0. The molecule has 1 aliphatic carbocycles. The molecule has 282 valence electrons. The zero-order valence-electron chi connectivity index (χ0n) is 30.4. The van der Waals surface area contributed by atoms with Crippen molar-refractivity contribution >= 4 is 35.5 Å². The number of alkyl halides is 3. The number of urea groups is 1. The fraction of sp³-hybridized carbons (Fsp3) is 0.611. The second-order valence-electron chi connectivity index (χ2n) is 15.9. The molecule has 2 fully saturated rings. The summed E-state index contributed by atoms with van der Waals surface area (Å²) in [6.07, 6.45) is -5.47. The number of Topliss-reactive ketones (excluding diaryl/α,β-unsaturated/α-hetero) is 1. The highest BCUT2D eigenvalue weighted by atomic mass is 19.4. The lowest BCUT2D eigenvalue weighted by atomic mass is 9.85. The third-order valence-electron chi connectivity index (χ3n) is 9.45. The molecule has 12 nitrogen and oxygen atoms in total. The van der Waals surface area contributed by atoms with E-state index >= 15 is 0 Å². The van der Waals surface area contributed by atoms with Crippen molar-refractivity contribution in [2.45, 2.75) is 98.8 Å². The van der Waals surface area contributed by atoms with Gasteiger partial charge < -0.3 is 30.9 Å². The number of rotatable bonds is 13. The fourth-order valence-corrected chi connectivity index (χ4v) is 6.48. The van der Waals surface area contributed by atoms with Gasteiger partial charge in [-0.1, -0.05) is 91.8 Å². The Morgan fingerprint density at radius 3 is 2.04 bits per heavy atom. The maximum absolute atomic E-state index is 14.3. The number of likely N-dealkylation sites (tertiary alicyclic amines) is 1. The van der Waals surface area contributed by atoms with Crippen LogP contribution >= 0.6 is 0 Å². The molecule has 1 aliphatic heterocycles. The molecule has 0 spiro atoms. The minimum Gasteiger partial charge on any atom is -0.459 e. The van der Waals surface area contributed by atoms with Gasteiger partial charge in [-0.3, -0.25) is 19.2 Å². The lowest BCUT2D eigenvalue weighted by molar-refractivity contribution is -0.155. The van der Waals surface area contributed by atoms with E-state index in [0.29, 0.717) is 0 Å². The number of piperidine rings is 1. The van der Waals surface area contributed by atoms with E-state index in [0.717, 1.165) is 5.56 Å². The van der Waals surface area contributed by atoms with Crippen molar-refractivity contribution in [2.24, 2.45) is 28.1 Å². The number of halogens is 3. The molecule has 1 saturated heterocycles. The maximum Gasteiger partial charge on any atom is 0.391 e. The van der Waals surface area contributed by atoms with Crippen LogP contribution in [-0.4, -0.2) is 83.8 Å². The first-order valence-electron chi connectivity index (χ1n) is 16.8. The van der Waals surface area contributed by atoms with Gasteiger partial charge in [0.25, 0.3) is 5.91 Å². The van der Waals surface area contributed by atoms with Crippen molar-refractivity contribution in [1.82, 2.24) is 26.2 Å². The molecular weight excluding hydrogens is 671 g/mol. The highest BCUT2D eigenvalue weighted by Gasteiger charge is 2.70. The number of hydrogen-bond acceptors (Lipinski definition) is 7. The van der Waals surface area contributed by atoms with E-state index in [9.17, 15) is 41.9 Å². The van der Waals surface area contributed by atoms with Crippen LogP contribution in [0.4, 0.5) is 18.0 Å². The molecule has 0 bridgehead atoms. The number of hydrogen-bond donors (Lipinski definition) is 4. The zero-order chi connectivity index (χ0) is 38.7. The van der Waals surface area contributed by atoms with Crippen LogP contribution in [0.2, 0.25) is 0 Å². The molecule has 5 amide bonds. The molecule has 3 rings (SSSR count). The first-order chi connectivity index (χ1) is 23.4. The van der Waals surface area contributed by atoms with Crippen LogP contribution in [0, 0.1) is 28.1 Å². The largest absolute Gasteiger partial charge is 0.459 e. The highest BCUT2D eigenvalue weighted by molar-refractivity contribution is 6.38. The Bertz CT molecular complexity index is 1500. The van der Waals surface area contributed by atoms with Crippen molar-refractivity contribution in [3.8, 4) is 0 Å². The van der Waals surface area contributed by atoms with E-state index in [1.54, 1.807) is 65.8 Å².